The van der Waals surface area contributed by atoms with Crippen LogP contribution in [0.25, 0.3) is 0 Å². The van der Waals surface area contributed by atoms with Crippen LogP contribution in [-0.2, 0) is 14.3 Å². The largest absolute Gasteiger partial charge is 0.480 e. The number of rotatable bonds is 6. The Labute approximate surface area is 147 Å². The SMILES string of the molecule is CC(C)(C)OC(=O)NC(CCNC(=O)C1=C/C=C\C=C/C=C\1)C(=O)O. The van der Waals surface area contributed by atoms with Crippen LogP contribution in [-0.4, -0.2) is 41.3 Å². The second kappa shape index (κ2) is 9.46. The molecule has 1 aliphatic carbocycles. The first-order valence-electron chi connectivity index (χ1n) is 7.91. The van der Waals surface area contributed by atoms with Crippen LogP contribution in [0.3, 0.4) is 0 Å². The molecule has 1 atom stereocenters. The van der Waals surface area contributed by atoms with Gasteiger partial charge in [0.15, 0.2) is 0 Å². The third-order valence-electron chi connectivity index (χ3n) is 2.97. The second-order valence-corrected chi connectivity index (χ2v) is 6.33. The molecular formula is C18H24N2O5. The molecule has 1 aliphatic rings. The molecule has 0 fully saturated rings. The number of hydrogen-bond acceptors (Lipinski definition) is 4. The molecule has 0 bridgehead atoms. The molecule has 1 rings (SSSR count). The van der Waals surface area contributed by atoms with Crippen molar-refractivity contribution >= 4 is 18.0 Å². The number of ether oxygens (including phenoxy) is 1. The zero-order chi connectivity index (χ0) is 18.9. The first-order valence-corrected chi connectivity index (χ1v) is 7.91. The second-order valence-electron chi connectivity index (χ2n) is 6.33. The van der Waals surface area contributed by atoms with Crippen molar-refractivity contribution in [1.29, 1.82) is 0 Å². The first kappa shape index (κ1) is 20.2. The Kier molecular flexibility index (Phi) is 7.65. The van der Waals surface area contributed by atoms with E-state index in [0.29, 0.717) is 5.57 Å². The molecule has 0 radical (unpaired) electrons. The summed E-state index contributed by atoms with van der Waals surface area (Å²) in [6.07, 6.45) is 11.4. The van der Waals surface area contributed by atoms with Gasteiger partial charge in [-0.3, -0.25) is 4.79 Å². The molecule has 0 heterocycles. The lowest BCUT2D eigenvalue weighted by Crippen LogP contribution is -2.45. The minimum Gasteiger partial charge on any atom is -0.480 e. The average Bonchev–Trinajstić information content (AvgIpc) is 2.43. The van der Waals surface area contributed by atoms with Crippen molar-refractivity contribution < 1.29 is 24.2 Å². The Morgan fingerprint density at radius 1 is 1.12 bits per heavy atom. The minimum absolute atomic E-state index is 0.0348. The topological polar surface area (TPSA) is 105 Å². The van der Waals surface area contributed by atoms with Gasteiger partial charge in [0.25, 0.3) is 5.91 Å². The monoisotopic (exact) mass is 348 g/mol. The zero-order valence-corrected chi connectivity index (χ0v) is 14.6. The quantitative estimate of drug-likeness (QED) is 0.682. The highest BCUT2D eigenvalue weighted by molar-refractivity contribution is 5.96. The lowest BCUT2D eigenvalue weighted by Gasteiger charge is -2.22. The van der Waals surface area contributed by atoms with E-state index in [9.17, 15) is 19.5 Å². The van der Waals surface area contributed by atoms with Gasteiger partial charge in [-0.2, -0.15) is 0 Å². The summed E-state index contributed by atoms with van der Waals surface area (Å²) < 4.78 is 5.03. The standard InChI is InChI=1S/C18H24N2O5/c1-18(2,3)25-17(24)20-14(16(22)23)11-12-19-15(21)13-9-7-5-4-6-8-10-13/h4-10,14H,11-12H2,1-3H3,(H,19,21)(H,20,24)(H,22,23)/b5-4-,6-4?,7-5?,8-6-,9-7-,10-8?,13-9?,13-10+. The molecule has 7 nitrogen and oxygen atoms in total. The van der Waals surface area contributed by atoms with E-state index >= 15 is 0 Å². The van der Waals surface area contributed by atoms with Crippen molar-refractivity contribution in [3.63, 3.8) is 0 Å². The van der Waals surface area contributed by atoms with E-state index in [1.54, 1.807) is 57.2 Å². The van der Waals surface area contributed by atoms with Gasteiger partial charge < -0.3 is 20.5 Å². The van der Waals surface area contributed by atoms with Crippen LogP contribution in [0.15, 0.2) is 48.1 Å². The Morgan fingerprint density at radius 3 is 2.40 bits per heavy atom. The van der Waals surface area contributed by atoms with Crippen molar-refractivity contribution in [1.82, 2.24) is 10.6 Å². The number of carboxylic acids is 1. The highest BCUT2D eigenvalue weighted by Crippen LogP contribution is 2.07. The van der Waals surface area contributed by atoms with Gasteiger partial charge >= 0.3 is 12.1 Å². The number of aliphatic carboxylic acids is 1. The van der Waals surface area contributed by atoms with Gasteiger partial charge in [0.05, 0.1) is 0 Å². The molecular weight excluding hydrogens is 324 g/mol. The molecule has 0 aromatic heterocycles. The van der Waals surface area contributed by atoms with E-state index in [4.69, 9.17) is 4.74 Å². The van der Waals surface area contributed by atoms with E-state index < -0.39 is 23.7 Å². The van der Waals surface area contributed by atoms with Crippen LogP contribution in [0, 0.1) is 0 Å². The van der Waals surface area contributed by atoms with Crippen LogP contribution in [0.4, 0.5) is 4.79 Å². The maximum atomic E-state index is 12.1. The number of carbonyl (C=O) groups excluding carboxylic acids is 2. The summed E-state index contributed by atoms with van der Waals surface area (Å²) in [5, 5.41) is 14.1. The van der Waals surface area contributed by atoms with Gasteiger partial charge in [0, 0.05) is 12.1 Å². The predicted molar refractivity (Wildman–Crippen MR) is 93.9 cm³/mol. The van der Waals surface area contributed by atoms with Crippen LogP contribution in [0.2, 0.25) is 0 Å². The molecule has 0 saturated carbocycles. The zero-order valence-electron chi connectivity index (χ0n) is 14.6. The van der Waals surface area contributed by atoms with E-state index in [1.165, 1.54) is 0 Å². The summed E-state index contributed by atoms with van der Waals surface area (Å²) in [5.74, 6) is -1.52. The summed E-state index contributed by atoms with van der Waals surface area (Å²) in [5.41, 5.74) is -0.270. The summed E-state index contributed by atoms with van der Waals surface area (Å²) in [6.45, 7) is 5.14. The van der Waals surface area contributed by atoms with Crippen molar-refractivity contribution in [2.75, 3.05) is 6.54 Å². The fourth-order valence-electron chi connectivity index (χ4n) is 1.86. The number of allylic oxidation sites excluding steroid dienone is 6. The number of carboxylic acid groups (broad SMARTS) is 1. The smallest absolute Gasteiger partial charge is 0.408 e. The lowest BCUT2D eigenvalue weighted by molar-refractivity contribution is -0.139. The van der Waals surface area contributed by atoms with Gasteiger partial charge in [-0.15, -0.1) is 0 Å². The average molecular weight is 348 g/mol. The van der Waals surface area contributed by atoms with Gasteiger partial charge in [-0.05, 0) is 39.3 Å². The van der Waals surface area contributed by atoms with Gasteiger partial charge in [-0.25, -0.2) is 9.59 Å². The molecule has 0 aromatic rings. The van der Waals surface area contributed by atoms with Crippen molar-refractivity contribution in [3.8, 4) is 0 Å². The number of hydrogen-bond donors (Lipinski definition) is 3. The Hall–Kier alpha value is -2.83. The first-order chi connectivity index (χ1) is 11.7. The van der Waals surface area contributed by atoms with E-state index in [2.05, 4.69) is 10.6 Å². The summed E-state index contributed by atoms with van der Waals surface area (Å²) in [6, 6.07) is -1.15. The molecule has 0 spiro atoms. The molecule has 3 N–H and O–H groups in total. The highest BCUT2D eigenvalue weighted by atomic mass is 16.6. The molecule has 1 unspecified atom stereocenters. The maximum absolute atomic E-state index is 12.1. The summed E-state index contributed by atoms with van der Waals surface area (Å²) in [7, 11) is 0. The number of carbonyl (C=O) groups is 3. The normalized spacial score (nSPS) is 20.7. The van der Waals surface area contributed by atoms with Gasteiger partial charge in [-0.1, -0.05) is 30.4 Å². The van der Waals surface area contributed by atoms with Crippen LogP contribution in [0.1, 0.15) is 27.2 Å². The Morgan fingerprint density at radius 2 is 1.76 bits per heavy atom. The van der Waals surface area contributed by atoms with Crippen LogP contribution >= 0.6 is 0 Å². The molecule has 25 heavy (non-hydrogen) atoms. The fourth-order valence-corrected chi connectivity index (χ4v) is 1.86. The third-order valence-corrected chi connectivity index (χ3v) is 2.97. The lowest BCUT2D eigenvalue weighted by atomic mass is 10.1. The van der Waals surface area contributed by atoms with Gasteiger partial charge in [0.1, 0.15) is 11.6 Å². The van der Waals surface area contributed by atoms with Gasteiger partial charge in [0.2, 0.25) is 0 Å². The molecule has 0 saturated heterocycles. The minimum atomic E-state index is -1.20. The van der Waals surface area contributed by atoms with E-state index in [1.807, 2.05) is 6.08 Å². The molecule has 0 aromatic carbocycles. The van der Waals surface area contributed by atoms with Crippen LogP contribution in [0.5, 0.6) is 0 Å². The molecule has 136 valence electrons. The third kappa shape index (κ3) is 8.55. The van der Waals surface area contributed by atoms with Crippen molar-refractivity contribution in [2.24, 2.45) is 0 Å². The predicted octanol–water partition coefficient (Wildman–Crippen LogP) is 2.08. The Bertz CT molecular complexity index is 624. The number of amides is 2. The van der Waals surface area contributed by atoms with Crippen LogP contribution < -0.4 is 10.6 Å². The Balaban J connectivity index is 2.51. The number of alkyl carbamates (subject to hydrolysis) is 1. The number of nitrogens with one attached hydrogen (secondary N) is 2. The highest BCUT2D eigenvalue weighted by Gasteiger charge is 2.23. The van der Waals surface area contributed by atoms with Crippen molar-refractivity contribution in [2.45, 2.75) is 38.8 Å². The van der Waals surface area contributed by atoms with E-state index in [0.717, 1.165) is 0 Å². The van der Waals surface area contributed by atoms with E-state index in [-0.39, 0.29) is 18.9 Å². The van der Waals surface area contributed by atoms with Crippen molar-refractivity contribution in [3.05, 3.63) is 48.1 Å². The maximum Gasteiger partial charge on any atom is 0.408 e. The summed E-state index contributed by atoms with van der Waals surface area (Å²) >= 11 is 0. The molecule has 7 heteroatoms. The summed E-state index contributed by atoms with van der Waals surface area (Å²) in [4.78, 5) is 35.0. The molecule has 2 amide bonds. The fraction of sp³-hybridized carbons (Fsp3) is 0.389. The molecule has 0 aliphatic heterocycles.